The Bertz CT molecular complexity index is 493. The van der Waals surface area contributed by atoms with Crippen LogP contribution in [0.1, 0.15) is 51.7 Å². The van der Waals surface area contributed by atoms with E-state index in [2.05, 4.69) is 67.1 Å². The van der Waals surface area contributed by atoms with Crippen molar-refractivity contribution in [2.75, 3.05) is 26.7 Å². The molecule has 25 heavy (non-hydrogen) atoms. The summed E-state index contributed by atoms with van der Waals surface area (Å²) in [5.74, 6) is 0.962. The summed E-state index contributed by atoms with van der Waals surface area (Å²) in [6.45, 7) is 16.8. The van der Waals surface area contributed by atoms with E-state index in [4.69, 9.17) is 4.99 Å². The molecule has 0 saturated heterocycles. The van der Waals surface area contributed by atoms with Crippen LogP contribution in [0.3, 0.4) is 0 Å². The van der Waals surface area contributed by atoms with Crippen molar-refractivity contribution in [1.82, 2.24) is 20.1 Å². The first-order valence-corrected chi connectivity index (χ1v) is 9.89. The Kier molecular flexibility index (Phi) is 12.7. The average Bonchev–Trinajstić information content (AvgIpc) is 2.90. The van der Waals surface area contributed by atoms with E-state index < -0.39 is 0 Å². The molecule has 0 aliphatic heterocycles. The van der Waals surface area contributed by atoms with Gasteiger partial charge in [-0.25, -0.2) is 4.98 Å². The van der Waals surface area contributed by atoms with Gasteiger partial charge in [0.25, 0.3) is 0 Å². The number of hydrogen-bond acceptors (Lipinski definition) is 4. The van der Waals surface area contributed by atoms with E-state index >= 15 is 0 Å². The zero-order valence-corrected chi connectivity index (χ0v) is 20.0. The summed E-state index contributed by atoms with van der Waals surface area (Å²) in [5.41, 5.74) is 1.11. The van der Waals surface area contributed by atoms with Crippen molar-refractivity contribution in [2.45, 2.75) is 66.6 Å². The molecule has 5 nitrogen and oxygen atoms in total. The monoisotopic (exact) mass is 481 g/mol. The number of aryl methyl sites for hydroxylation is 1. The van der Waals surface area contributed by atoms with Gasteiger partial charge in [0.2, 0.25) is 0 Å². The van der Waals surface area contributed by atoms with Crippen LogP contribution in [0.4, 0.5) is 0 Å². The van der Waals surface area contributed by atoms with Crippen LogP contribution in [0.2, 0.25) is 0 Å². The Morgan fingerprint density at radius 1 is 1.28 bits per heavy atom. The zero-order valence-electron chi connectivity index (χ0n) is 16.9. The Labute approximate surface area is 175 Å². The normalized spacial score (nSPS) is 12.0. The summed E-state index contributed by atoms with van der Waals surface area (Å²) >= 11 is 1.70. The Morgan fingerprint density at radius 3 is 2.40 bits per heavy atom. The van der Waals surface area contributed by atoms with Crippen molar-refractivity contribution in [2.24, 2.45) is 4.99 Å². The highest BCUT2D eigenvalue weighted by molar-refractivity contribution is 14.0. The minimum Gasteiger partial charge on any atom is -0.357 e. The van der Waals surface area contributed by atoms with Gasteiger partial charge in [0.15, 0.2) is 5.96 Å². The molecular formula is C18H36IN5S. The van der Waals surface area contributed by atoms with Gasteiger partial charge in [-0.05, 0) is 48.0 Å². The van der Waals surface area contributed by atoms with Gasteiger partial charge in [-0.3, -0.25) is 9.89 Å². The SMILES string of the molecule is CCNC(=NCCCN(C(C)C)C(C)C)N(C)Cc1csc(C)n1.I. The van der Waals surface area contributed by atoms with Gasteiger partial charge in [0.05, 0.1) is 17.2 Å². The van der Waals surface area contributed by atoms with Crippen LogP contribution >= 0.6 is 35.3 Å². The molecule has 0 aliphatic rings. The van der Waals surface area contributed by atoms with Gasteiger partial charge in [-0.15, -0.1) is 35.3 Å². The standard InChI is InChI=1S/C18H35N5S.HI/c1-8-19-18(22(7)12-17-13-24-16(6)21-17)20-10-9-11-23(14(2)3)15(4)5;/h13-15H,8-12H2,1-7H3,(H,19,20);1H. The van der Waals surface area contributed by atoms with Crippen molar-refractivity contribution in [1.29, 1.82) is 0 Å². The van der Waals surface area contributed by atoms with Gasteiger partial charge in [-0.1, -0.05) is 0 Å². The molecule has 0 spiro atoms. The molecule has 1 N–H and O–H groups in total. The number of thiazole rings is 1. The molecule has 0 aromatic carbocycles. The number of guanidine groups is 1. The van der Waals surface area contributed by atoms with Crippen LogP contribution in [0.25, 0.3) is 0 Å². The van der Waals surface area contributed by atoms with Crippen LogP contribution in [-0.2, 0) is 6.54 Å². The third-order valence-electron chi connectivity index (χ3n) is 3.92. The molecule has 0 saturated carbocycles. The van der Waals surface area contributed by atoms with E-state index in [9.17, 15) is 0 Å². The predicted octanol–water partition coefficient (Wildman–Crippen LogP) is 3.98. The van der Waals surface area contributed by atoms with E-state index in [0.29, 0.717) is 12.1 Å². The lowest BCUT2D eigenvalue weighted by Crippen LogP contribution is -2.39. The fourth-order valence-corrected chi connectivity index (χ4v) is 3.42. The van der Waals surface area contributed by atoms with E-state index in [1.165, 1.54) is 0 Å². The molecule has 7 heteroatoms. The van der Waals surface area contributed by atoms with Crippen LogP contribution in [0.15, 0.2) is 10.4 Å². The maximum absolute atomic E-state index is 4.79. The fraction of sp³-hybridized carbons (Fsp3) is 0.778. The van der Waals surface area contributed by atoms with Gasteiger partial charge >= 0.3 is 0 Å². The van der Waals surface area contributed by atoms with E-state index in [1.54, 1.807) is 11.3 Å². The van der Waals surface area contributed by atoms with Gasteiger partial charge < -0.3 is 10.2 Å². The average molecular weight is 481 g/mol. The van der Waals surface area contributed by atoms with Crippen molar-refractivity contribution < 1.29 is 0 Å². The summed E-state index contributed by atoms with van der Waals surface area (Å²) < 4.78 is 0. The number of rotatable bonds is 9. The lowest BCUT2D eigenvalue weighted by Gasteiger charge is -2.30. The molecule has 1 aromatic heterocycles. The number of nitrogens with one attached hydrogen (secondary N) is 1. The quantitative estimate of drug-likeness (QED) is 0.251. The van der Waals surface area contributed by atoms with E-state index in [-0.39, 0.29) is 24.0 Å². The summed E-state index contributed by atoms with van der Waals surface area (Å²) in [5, 5.41) is 6.62. The first-order valence-electron chi connectivity index (χ1n) is 9.01. The lowest BCUT2D eigenvalue weighted by molar-refractivity contribution is 0.174. The van der Waals surface area contributed by atoms with Gasteiger partial charge in [-0.2, -0.15) is 0 Å². The largest absolute Gasteiger partial charge is 0.357 e. The van der Waals surface area contributed by atoms with Gasteiger partial charge in [0.1, 0.15) is 0 Å². The molecule has 0 amide bonds. The second-order valence-electron chi connectivity index (χ2n) is 6.73. The van der Waals surface area contributed by atoms with Crippen molar-refractivity contribution in [3.63, 3.8) is 0 Å². The molecule has 0 unspecified atom stereocenters. The number of aromatic nitrogens is 1. The summed E-state index contributed by atoms with van der Waals surface area (Å²) in [7, 11) is 2.07. The zero-order chi connectivity index (χ0) is 18.1. The molecule has 1 heterocycles. The molecule has 0 atom stereocenters. The summed E-state index contributed by atoms with van der Waals surface area (Å²) in [4.78, 5) is 14.0. The molecule has 0 radical (unpaired) electrons. The summed E-state index contributed by atoms with van der Waals surface area (Å²) in [6, 6.07) is 1.16. The predicted molar refractivity (Wildman–Crippen MR) is 121 cm³/mol. The highest BCUT2D eigenvalue weighted by Gasteiger charge is 2.13. The Morgan fingerprint density at radius 2 is 1.92 bits per heavy atom. The number of hydrogen-bond donors (Lipinski definition) is 1. The maximum Gasteiger partial charge on any atom is 0.194 e. The fourth-order valence-electron chi connectivity index (χ4n) is 2.82. The Hall–Kier alpha value is -0.410. The molecular weight excluding hydrogens is 445 g/mol. The number of aliphatic imine (C=N–C) groups is 1. The van der Waals surface area contributed by atoms with Crippen LogP contribution in [-0.4, -0.2) is 59.5 Å². The second-order valence-corrected chi connectivity index (χ2v) is 7.79. The van der Waals surface area contributed by atoms with E-state index in [1.807, 2.05) is 6.92 Å². The molecule has 1 rings (SSSR count). The lowest BCUT2D eigenvalue weighted by atomic mass is 10.2. The molecule has 1 aromatic rings. The molecule has 0 bridgehead atoms. The maximum atomic E-state index is 4.79. The topological polar surface area (TPSA) is 43.8 Å². The minimum atomic E-state index is 0. The van der Waals surface area contributed by atoms with Gasteiger partial charge in [0, 0.05) is 44.1 Å². The first kappa shape index (κ1) is 24.6. The van der Waals surface area contributed by atoms with Crippen molar-refractivity contribution >= 4 is 41.3 Å². The minimum absolute atomic E-state index is 0. The molecule has 146 valence electrons. The highest BCUT2D eigenvalue weighted by Crippen LogP contribution is 2.10. The third kappa shape index (κ3) is 9.19. The van der Waals surface area contributed by atoms with Crippen LogP contribution in [0.5, 0.6) is 0 Å². The second kappa shape index (κ2) is 12.9. The third-order valence-corrected chi connectivity index (χ3v) is 4.75. The first-order chi connectivity index (χ1) is 11.3. The Balaban J connectivity index is 0.00000576. The van der Waals surface area contributed by atoms with Crippen LogP contribution < -0.4 is 5.32 Å². The van der Waals surface area contributed by atoms with Crippen LogP contribution in [0, 0.1) is 6.92 Å². The molecule has 0 fully saturated rings. The molecule has 0 aliphatic carbocycles. The van der Waals surface area contributed by atoms with Crippen molar-refractivity contribution in [3.05, 3.63) is 16.1 Å². The smallest absolute Gasteiger partial charge is 0.194 e. The number of nitrogens with zero attached hydrogens (tertiary/aromatic N) is 4. The van der Waals surface area contributed by atoms with Crippen molar-refractivity contribution in [3.8, 4) is 0 Å². The summed E-state index contributed by atoms with van der Waals surface area (Å²) in [6.07, 6.45) is 1.08. The highest BCUT2D eigenvalue weighted by atomic mass is 127. The number of halogens is 1. The van der Waals surface area contributed by atoms with E-state index in [0.717, 1.165) is 49.3 Å².